The van der Waals surface area contributed by atoms with E-state index in [-0.39, 0.29) is 18.0 Å². The van der Waals surface area contributed by atoms with Gasteiger partial charge in [0, 0.05) is 21.4 Å². The summed E-state index contributed by atoms with van der Waals surface area (Å²) >= 11 is 4.72. The summed E-state index contributed by atoms with van der Waals surface area (Å²) in [6.07, 6.45) is 2.00. The molecule has 0 N–H and O–H groups in total. The highest BCUT2D eigenvalue weighted by Gasteiger charge is 2.13. The average molecular weight is 339 g/mol. The Hall–Kier alpha value is -1.13. The summed E-state index contributed by atoms with van der Waals surface area (Å²) in [7, 11) is 0. The van der Waals surface area contributed by atoms with Crippen molar-refractivity contribution in [2.45, 2.75) is 11.3 Å². The third-order valence-corrected chi connectivity index (χ3v) is 4.06. The van der Waals surface area contributed by atoms with Crippen molar-refractivity contribution < 1.29 is 9.18 Å². The second-order valence-electron chi connectivity index (χ2n) is 4.04. The maximum atomic E-state index is 13.7. The van der Waals surface area contributed by atoms with Crippen LogP contribution in [0.3, 0.4) is 0 Å². The van der Waals surface area contributed by atoms with Crippen molar-refractivity contribution in [3.8, 4) is 0 Å². The average Bonchev–Trinajstić information content (AvgIpc) is 2.41. The summed E-state index contributed by atoms with van der Waals surface area (Å²) in [5.74, 6) is -0.421. The third kappa shape index (κ3) is 3.45. The van der Waals surface area contributed by atoms with Crippen LogP contribution in [-0.2, 0) is 6.42 Å². The van der Waals surface area contributed by atoms with E-state index >= 15 is 0 Å². The molecule has 2 aromatic carbocycles. The van der Waals surface area contributed by atoms with Gasteiger partial charge >= 0.3 is 0 Å². The van der Waals surface area contributed by atoms with E-state index in [0.29, 0.717) is 15.6 Å². The molecule has 0 saturated carbocycles. The molecule has 0 spiro atoms. The van der Waals surface area contributed by atoms with E-state index < -0.39 is 0 Å². The lowest BCUT2D eigenvalue weighted by molar-refractivity contribution is 0.0989. The van der Waals surface area contributed by atoms with Gasteiger partial charge in [0.1, 0.15) is 5.82 Å². The van der Waals surface area contributed by atoms with E-state index in [0.717, 1.165) is 4.90 Å². The highest BCUT2D eigenvalue weighted by Crippen LogP contribution is 2.23. The number of hydrogen-bond donors (Lipinski definition) is 0. The van der Waals surface area contributed by atoms with Crippen molar-refractivity contribution in [3.05, 3.63) is 63.9 Å². The first-order chi connectivity index (χ1) is 9.11. The third-order valence-electron chi connectivity index (χ3n) is 2.77. The number of benzene rings is 2. The summed E-state index contributed by atoms with van der Waals surface area (Å²) in [5, 5.41) is 0. The molecule has 0 atom stereocenters. The zero-order valence-electron chi connectivity index (χ0n) is 10.3. The monoisotopic (exact) mass is 338 g/mol. The van der Waals surface area contributed by atoms with Crippen LogP contribution in [0.2, 0.25) is 0 Å². The number of carbonyl (C=O) groups excluding carboxylic acids is 1. The van der Waals surface area contributed by atoms with Crippen LogP contribution in [0.4, 0.5) is 4.39 Å². The summed E-state index contributed by atoms with van der Waals surface area (Å²) in [5.41, 5.74) is 1.07. The number of halogens is 2. The number of thioether (sulfide) groups is 1. The van der Waals surface area contributed by atoms with Crippen LogP contribution in [0.15, 0.2) is 51.8 Å². The summed E-state index contributed by atoms with van der Waals surface area (Å²) in [6.45, 7) is 0. The van der Waals surface area contributed by atoms with Gasteiger partial charge in [-0.05, 0) is 30.0 Å². The van der Waals surface area contributed by atoms with E-state index in [1.54, 1.807) is 18.2 Å². The fourth-order valence-electron chi connectivity index (χ4n) is 1.81. The molecule has 98 valence electrons. The van der Waals surface area contributed by atoms with E-state index in [2.05, 4.69) is 15.9 Å². The van der Waals surface area contributed by atoms with Gasteiger partial charge in [-0.1, -0.05) is 40.2 Å². The van der Waals surface area contributed by atoms with Crippen molar-refractivity contribution in [2.24, 2.45) is 0 Å². The zero-order chi connectivity index (χ0) is 13.8. The predicted molar refractivity (Wildman–Crippen MR) is 80.4 cm³/mol. The highest BCUT2D eigenvalue weighted by atomic mass is 79.9. The normalized spacial score (nSPS) is 10.5. The van der Waals surface area contributed by atoms with E-state index in [1.807, 2.05) is 24.5 Å². The SMILES string of the molecule is CSc1ccccc1C(=O)Cc1ccc(Br)cc1F. The minimum atomic E-state index is -0.357. The van der Waals surface area contributed by atoms with Gasteiger partial charge in [-0.3, -0.25) is 4.79 Å². The van der Waals surface area contributed by atoms with Crippen LogP contribution in [0.5, 0.6) is 0 Å². The van der Waals surface area contributed by atoms with Crippen molar-refractivity contribution in [1.82, 2.24) is 0 Å². The fourth-order valence-corrected chi connectivity index (χ4v) is 2.76. The molecule has 0 unspecified atom stereocenters. The van der Waals surface area contributed by atoms with Crippen LogP contribution < -0.4 is 0 Å². The van der Waals surface area contributed by atoms with Gasteiger partial charge in [0.15, 0.2) is 5.78 Å². The van der Waals surface area contributed by atoms with Gasteiger partial charge in [0.05, 0.1) is 0 Å². The lowest BCUT2D eigenvalue weighted by Crippen LogP contribution is -2.06. The molecule has 0 aliphatic carbocycles. The topological polar surface area (TPSA) is 17.1 Å². The molecule has 0 aromatic heterocycles. The number of carbonyl (C=O) groups is 1. The number of hydrogen-bond acceptors (Lipinski definition) is 2. The lowest BCUT2D eigenvalue weighted by Gasteiger charge is -2.07. The van der Waals surface area contributed by atoms with Gasteiger partial charge in [0.2, 0.25) is 0 Å². The first kappa shape index (κ1) is 14.3. The standard InChI is InChI=1S/C15H12BrFOS/c1-19-15-5-3-2-4-12(15)14(18)8-10-6-7-11(16)9-13(10)17/h2-7,9H,8H2,1H3. The van der Waals surface area contributed by atoms with Gasteiger partial charge in [-0.25, -0.2) is 4.39 Å². The Kier molecular flexibility index (Phi) is 4.77. The minimum absolute atomic E-state index is 0.0637. The molecule has 0 aliphatic rings. The van der Waals surface area contributed by atoms with Crippen molar-refractivity contribution >= 4 is 33.5 Å². The van der Waals surface area contributed by atoms with Gasteiger partial charge in [0.25, 0.3) is 0 Å². The highest BCUT2D eigenvalue weighted by molar-refractivity contribution is 9.10. The number of rotatable bonds is 4. The first-order valence-corrected chi connectivity index (χ1v) is 7.73. The Morgan fingerprint density at radius 1 is 1.26 bits per heavy atom. The second kappa shape index (κ2) is 6.35. The molecule has 0 fully saturated rings. The van der Waals surface area contributed by atoms with Crippen molar-refractivity contribution in [3.63, 3.8) is 0 Å². The largest absolute Gasteiger partial charge is 0.294 e. The second-order valence-corrected chi connectivity index (χ2v) is 5.80. The van der Waals surface area contributed by atoms with Crippen LogP contribution in [0.25, 0.3) is 0 Å². The molecule has 2 aromatic rings. The molecule has 0 radical (unpaired) electrons. The van der Waals surface area contributed by atoms with Gasteiger partial charge in [-0.15, -0.1) is 11.8 Å². The van der Waals surface area contributed by atoms with Gasteiger partial charge in [-0.2, -0.15) is 0 Å². The molecule has 0 aliphatic heterocycles. The molecule has 0 heterocycles. The smallest absolute Gasteiger partial charge is 0.168 e. The maximum absolute atomic E-state index is 13.7. The molecular formula is C15H12BrFOS. The quantitative estimate of drug-likeness (QED) is 0.591. The summed E-state index contributed by atoms with van der Waals surface area (Å²) in [6, 6.07) is 12.2. The Balaban J connectivity index is 2.26. The van der Waals surface area contributed by atoms with Gasteiger partial charge < -0.3 is 0 Å². The Morgan fingerprint density at radius 3 is 2.68 bits per heavy atom. The Bertz CT molecular complexity index is 613. The van der Waals surface area contributed by atoms with Crippen LogP contribution in [0, 0.1) is 5.82 Å². The van der Waals surface area contributed by atoms with Crippen LogP contribution >= 0.6 is 27.7 Å². The molecule has 0 bridgehead atoms. The molecular weight excluding hydrogens is 327 g/mol. The molecule has 0 amide bonds. The Morgan fingerprint density at radius 2 is 2.00 bits per heavy atom. The minimum Gasteiger partial charge on any atom is -0.294 e. The summed E-state index contributed by atoms with van der Waals surface area (Å²) < 4.78 is 14.4. The van der Waals surface area contributed by atoms with Crippen LogP contribution in [0.1, 0.15) is 15.9 Å². The fraction of sp³-hybridized carbons (Fsp3) is 0.133. The number of Topliss-reactive ketones (excluding diaryl/α,β-unsaturated/α-hetero) is 1. The summed E-state index contributed by atoms with van der Waals surface area (Å²) in [4.78, 5) is 13.2. The van der Waals surface area contributed by atoms with Crippen LogP contribution in [-0.4, -0.2) is 12.0 Å². The van der Waals surface area contributed by atoms with Crippen molar-refractivity contribution in [1.29, 1.82) is 0 Å². The molecule has 2 rings (SSSR count). The number of ketones is 1. The molecule has 0 saturated heterocycles. The van der Waals surface area contributed by atoms with E-state index in [1.165, 1.54) is 17.8 Å². The maximum Gasteiger partial charge on any atom is 0.168 e. The Labute approximate surface area is 124 Å². The molecule has 1 nitrogen and oxygen atoms in total. The van der Waals surface area contributed by atoms with Crippen molar-refractivity contribution in [2.75, 3.05) is 6.26 Å². The van der Waals surface area contributed by atoms with E-state index in [9.17, 15) is 9.18 Å². The van der Waals surface area contributed by atoms with E-state index in [4.69, 9.17) is 0 Å². The first-order valence-electron chi connectivity index (χ1n) is 5.72. The lowest BCUT2D eigenvalue weighted by atomic mass is 10.0. The predicted octanol–water partition coefficient (Wildman–Crippen LogP) is 4.74. The molecule has 4 heteroatoms. The molecule has 19 heavy (non-hydrogen) atoms. The zero-order valence-corrected chi connectivity index (χ0v) is 12.7.